The monoisotopic (exact) mass is 354 g/mol. The Morgan fingerprint density at radius 3 is 2.54 bits per heavy atom. The number of ether oxygens (including phenoxy) is 1. The molecule has 0 radical (unpaired) electrons. The van der Waals surface area contributed by atoms with Gasteiger partial charge in [0.1, 0.15) is 11.7 Å². The lowest BCUT2D eigenvalue weighted by Gasteiger charge is -2.50. The van der Waals surface area contributed by atoms with E-state index in [0.717, 1.165) is 0 Å². The molecule has 2 fully saturated rings. The number of esters is 1. The van der Waals surface area contributed by atoms with Crippen molar-refractivity contribution in [2.24, 2.45) is 5.92 Å². The van der Waals surface area contributed by atoms with Gasteiger partial charge in [-0.3, -0.25) is 4.79 Å². The summed E-state index contributed by atoms with van der Waals surface area (Å²) in [6.45, 7) is 4.71. The Balaban J connectivity index is 1.88. The molecule has 24 heavy (non-hydrogen) atoms. The molecule has 1 aliphatic heterocycles. The van der Waals surface area contributed by atoms with Crippen molar-refractivity contribution in [1.29, 1.82) is 0 Å². The van der Waals surface area contributed by atoms with Crippen LogP contribution >= 0.6 is 0 Å². The van der Waals surface area contributed by atoms with Crippen LogP contribution in [-0.4, -0.2) is 31.0 Å². The Labute approximate surface area is 141 Å². The van der Waals surface area contributed by atoms with Crippen molar-refractivity contribution in [1.82, 2.24) is 0 Å². The summed E-state index contributed by atoms with van der Waals surface area (Å²) in [5.41, 5.74) is -0.791. The Morgan fingerprint density at radius 1 is 1.25 bits per heavy atom. The van der Waals surface area contributed by atoms with E-state index in [9.17, 15) is 13.2 Å². The van der Waals surface area contributed by atoms with E-state index in [1.165, 1.54) is 6.92 Å². The van der Waals surface area contributed by atoms with Gasteiger partial charge < -0.3 is 4.74 Å². The molecular weight excluding hydrogens is 332 g/mol. The molecule has 4 atom stereocenters. The average molecular weight is 354 g/mol. The van der Waals surface area contributed by atoms with E-state index in [0.29, 0.717) is 19.3 Å². The number of hydrogen-bond donors (Lipinski definition) is 0. The standard InChI is InChI=1S/C17H22O6S/c1-12(18)21-16(2)10-9-13-11-15(16)22-23-17(13,3)24(19,20)14-7-5-4-6-8-14/h4-8,13,15H,9-11H2,1-3H3/t13-,15-,16-,17-/m1/s1. The minimum absolute atomic E-state index is 0.211. The molecule has 1 aliphatic carbocycles. The molecule has 6 nitrogen and oxygen atoms in total. The highest BCUT2D eigenvalue weighted by Crippen LogP contribution is 2.49. The van der Waals surface area contributed by atoms with Crippen molar-refractivity contribution in [3.63, 3.8) is 0 Å². The number of rotatable bonds is 3. The number of benzene rings is 1. The third-order valence-corrected chi connectivity index (χ3v) is 7.57. The van der Waals surface area contributed by atoms with Crippen molar-refractivity contribution in [2.75, 3.05) is 0 Å². The third kappa shape index (κ3) is 2.64. The summed E-state index contributed by atoms with van der Waals surface area (Å²) < 4.78 is 31.5. The van der Waals surface area contributed by atoms with E-state index in [-0.39, 0.29) is 16.8 Å². The normalized spacial score (nSPS) is 36.1. The molecule has 1 aromatic rings. The van der Waals surface area contributed by atoms with Crippen molar-refractivity contribution in [2.45, 2.75) is 61.6 Å². The van der Waals surface area contributed by atoms with Crippen LogP contribution in [0.5, 0.6) is 0 Å². The molecule has 0 N–H and O–H groups in total. The van der Waals surface area contributed by atoms with Crippen LogP contribution in [0.25, 0.3) is 0 Å². The van der Waals surface area contributed by atoms with E-state index in [1.807, 2.05) is 0 Å². The van der Waals surface area contributed by atoms with Crippen LogP contribution in [0.3, 0.4) is 0 Å². The van der Waals surface area contributed by atoms with Gasteiger partial charge in [-0.05, 0) is 45.2 Å². The lowest BCUT2D eigenvalue weighted by molar-refractivity contribution is -0.425. The zero-order valence-electron chi connectivity index (χ0n) is 14.0. The summed E-state index contributed by atoms with van der Waals surface area (Å²) >= 11 is 0. The number of hydrogen-bond acceptors (Lipinski definition) is 6. The fourth-order valence-electron chi connectivity index (χ4n) is 3.63. The van der Waals surface area contributed by atoms with Gasteiger partial charge in [-0.15, -0.1) is 0 Å². The van der Waals surface area contributed by atoms with Crippen molar-refractivity contribution in [3.8, 4) is 0 Å². The van der Waals surface area contributed by atoms with Gasteiger partial charge in [0.15, 0.2) is 0 Å². The second kappa shape index (κ2) is 5.82. The Bertz CT molecular complexity index is 731. The minimum Gasteiger partial charge on any atom is -0.457 e. The van der Waals surface area contributed by atoms with Crippen LogP contribution < -0.4 is 0 Å². The Kier molecular flexibility index (Phi) is 4.22. The lowest BCUT2D eigenvalue weighted by Crippen LogP contribution is -2.60. The minimum atomic E-state index is -3.73. The maximum atomic E-state index is 13.1. The first-order chi connectivity index (χ1) is 11.2. The second-order valence-corrected chi connectivity index (χ2v) is 9.17. The first-order valence-electron chi connectivity index (χ1n) is 8.03. The SMILES string of the molecule is CC(=O)O[C@]1(C)CC[C@@H]2C[C@H]1OO[C@]2(C)S(=O)(=O)c1ccccc1. The molecule has 1 aromatic carbocycles. The molecule has 132 valence electrons. The number of sulfone groups is 1. The van der Waals surface area contributed by atoms with Gasteiger partial charge in [-0.1, -0.05) is 18.2 Å². The predicted octanol–water partition coefficient (Wildman–Crippen LogP) is 2.63. The predicted molar refractivity (Wildman–Crippen MR) is 85.5 cm³/mol. The van der Waals surface area contributed by atoms with Gasteiger partial charge in [0, 0.05) is 12.8 Å². The first kappa shape index (κ1) is 17.4. The Hall–Kier alpha value is -1.44. The molecule has 7 heteroatoms. The summed E-state index contributed by atoms with van der Waals surface area (Å²) in [4.78, 5) is 21.0. The van der Waals surface area contributed by atoms with Crippen LogP contribution in [0.4, 0.5) is 0 Å². The number of carbonyl (C=O) groups excluding carboxylic acids is 1. The molecular formula is C17H22O6S. The molecule has 0 unspecified atom stereocenters. The fourth-order valence-corrected chi connectivity index (χ4v) is 5.39. The van der Waals surface area contributed by atoms with Gasteiger partial charge in [0.05, 0.1) is 4.90 Å². The highest BCUT2D eigenvalue weighted by molar-refractivity contribution is 7.92. The topological polar surface area (TPSA) is 78.9 Å². The number of carbonyl (C=O) groups is 1. The highest BCUT2D eigenvalue weighted by Gasteiger charge is 2.59. The first-order valence-corrected chi connectivity index (χ1v) is 9.51. The molecule has 0 aromatic heterocycles. The highest BCUT2D eigenvalue weighted by atomic mass is 32.2. The summed E-state index contributed by atoms with van der Waals surface area (Å²) in [7, 11) is -3.73. The maximum Gasteiger partial charge on any atom is 0.303 e. The molecule has 2 bridgehead atoms. The second-order valence-electron chi connectivity index (χ2n) is 6.88. The Morgan fingerprint density at radius 2 is 1.92 bits per heavy atom. The largest absolute Gasteiger partial charge is 0.457 e. The van der Waals surface area contributed by atoms with E-state index in [2.05, 4.69) is 0 Å². The quantitative estimate of drug-likeness (QED) is 0.613. The summed E-state index contributed by atoms with van der Waals surface area (Å²) in [6.07, 6.45) is 1.10. The van der Waals surface area contributed by atoms with Gasteiger partial charge in [-0.25, -0.2) is 18.2 Å². The molecule has 0 spiro atoms. The van der Waals surface area contributed by atoms with Crippen LogP contribution in [0.1, 0.15) is 40.0 Å². The molecule has 3 rings (SSSR count). The zero-order valence-corrected chi connectivity index (χ0v) is 14.8. The molecule has 1 saturated heterocycles. The molecule has 2 aliphatic rings. The fraction of sp³-hybridized carbons (Fsp3) is 0.588. The summed E-state index contributed by atoms with van der Waals surface area (Å²) in [5.74, 6) is -0.616. The summed E-state index contributed by atoms with van der Waals surface area (Å²) in [5, 5.41) is 0. The zero-order chi connectivity index (χ0) is 17.6. The van der Waals surface area contributed by atoms with Crippen LogP contribution in [0, 0.1) is 5.92 Å². The van der Waals surface area contributed by atoms with E-state index < -0.39 is 26.5 Å². The lowest BCUT2D eigenvalue weighted by atomic mass is 9.75. The molecule has 0 amide bonds. The van der Waals surface area contributed by atoms with Crippen molar-refractivity contribution < 1.29 is 27.7 Å². The van der Waals surface area contributed by atoms with Gasteiger partial charge >= 0.3 is 5.97 Å². The van der Waals surface area contributed by atoms with Gasteiger partial charge in [0.25, 0.3) is 0 Å². The molecule has 1 saturated carbocycles. The van der Waals surface area contributed by atoms with Crippen LogP contribution in [0.15, 0.2) is 35.2 Å². The average Bonchev–Trinajstić information content (AvgIpc) is 2.53. The number of fused-ring (bicyclic) bond motifs is 2. The van der Waals surface area contributed by atoms with E-state index >= 15 is 0 Å². The van der Waals surface area contributed by atoms with E-state index in [1.54, 1.807) is 44.2 Å². The van der Waals surface area contributed by atoms with Crippen LogP contribution in [0.2, 0.25) is 0 Å². The third-order valence-electron chi connectivity index (χ3n) is 5.20. The van der Waals surface area contributed by atoms with Crippen molar-refractivity contribution >= 4 is 15.8 Å². The van der Waals surface area contributed by atoms with Crippen LogP contribution in [-0.2, 0) is 29.1 Å². The van der Waals surface area contributed by atoms with Crippen molar-refractivity contribution in [3.05, 3.63) is 30.3 Å². The van der Waals surface area contributed by atoms with Gasteiger partial charge in [-0.2, -0.15) is 0 Å². The van der Waals surface area contributed by atoms with Gasteiger partial charge in [0.2, 0.25) is 14.8 Å². The van der Waals surface area contributed by atoms with E-state index in [4.69, 9.17) is 14.5 Å². The smallest absolute Gasteiger partial charge is 0.303 e. The summed E-state index contributed by atoms with van der Waals surface area (Å²) in [6, 6.07) is 8.24. The maximum absolute atomic E-state index is 13.1. The molecule has 1 heterocycles.